The Labute approximate surface area is 72.6 Å². The average Bonchev–Trinajstić information content (AvgIpc) is 2.52. The predicted molar refractivity (Wildman–Crippen MR) is 39.8 cm³/mol. The van der Waals surface area contributed by atoms with E-state index in [0.717, 1.165) is 11.0 Å². The van der Waals surface area contributed by atoms with Gasteiger partial charge in [-0.1, -0.05) is 4.98 Å². The average molecular weight is 188 g/mol. The molecule has 2 N–H and O–H groups in total. The van der Waals surface area contributed by atoms with Gasteiger partial charge < -0.3 is 20.3 Å². The van der Waals surface area contributed by atoms with Crippen LogP contribution in [0, 0.1) is 10.1 Å². The summed E-state index contributed by atoms with van der Waals surface area (Å²) in [4.78, 5) is 12.8. The van der Waals surface area contributed by atoms with Gasteiger partial charge in [-0.15, -0.1) is 0 Å². The summed E-state index contributed by atoms with van der Waals surface area (Å²) in [6.07, 6.45) is 0.137. The number of aromatic nitrogens is 3. The first-order valence-electron chi connectivity index (χ1n) is 3.46. The van der Waals surface area contributed by atoms with E-state index in [4.69, 9.17) is 10.2 Å². The second-order valence-corrected chi connectivity index (χ2v) is 2.36. The van der Waals surface area contributed by atoms with Gasteiger partial charge in [-0.05, 0) is 4.92 Å². The first kappa shape index (κ1) is 9.55. The molecule has 1 rings (SSSR count). The molecule has 0 saturated heterocycles. The molecular weight excluding hydrogens is 180 g/mol. The fourth-order valence-corrected chi connectivity index (χ4v) is 0.730. The zero-order valence-corrected chi connectivity index (χ0v) is 6.57. The fraction of sp³-hybridized carbons (Fsp3) is 0.600. The van der Waals surface area contributed by atoms with Crippen LogP contribution in [0.4, 0.5) is 5.95 Å². The Morgan fingerprint density at radius 3 is 2.92 bits per heavy atom. The number of aliphatic hydroxyl groups is 2. The van der Waals surface area contributed by atoms with Crippen molar-refractivity contribution in [3.05, 3.63) is 16.4 Å². The number of nitro groups is 1. The molecule has 0 aliphatic rings. The lowest BCUT2D eigenvalue weighted by Crippen LogP contribution is -2.20. The number of hydrogen-bond donors (Lipinski definition) is 2. The second kappa shape index (κ2) is 3.92. The minimum absolute atomic E-state index is 0.0165. The molecule has 1 unspecified atom stereocenters. The highest BCUT2D eigenvalue weighted by molar-refractivity contribution is 4.96. The predicted octanol–water partition coefficient (Wildman–Crippen LogP) is -1.46. The molecule has 0 aromatic carbocycles. The van der Waals surface area contributed by atoms with Gasteiger partial charge in [0.05, 0.1) is 19.3 Å². The highest BCUT2D eigenvalue weighted by Crippen LogP contribution is 2.00. The maximum absolute atomic E-state index is 10.1. The molecule has 8 heteroatoms. The molecule has 1 aromatic rings. The van der Waals surface area contributed by atoms with Gasteiger partial charge in [-0.3, -0.25) is 0 Å². The lowest BCUT2D eigenvalue weighted by molar-refractivity contribution is -0.394. The van der Waals surface area contributed by atoms with Crippen LogP contribution in [0.5, 0.6) is 0 Å². The first-order chi connectivity index (χ1) is 6.13. The zero-order valence-electron chi connectivity index (χ0n) is 6.57. The van der Waals surface area contributed by atoms with E-state index in [2.05, 4.69) is 10.1 Å². The summed E-state index contributed by atoms with van der Waals surface area (Å²) in [5.74, 6) is -0.523. The van der Waals surface area contributed by atoms with Crippen molar-refractivity contribution in [3.8, 4) is 0 Å². The molecule has 0 aliphatic carbocycles. The highest BCUT2D eigenvalue weighted by Gasteiger charge is 2.14. The fourth-order valence-electron chi connectivity index (χ4n) is 0.730. The normalized spacial score (nSPS) is 12.8. The molecule has 13 heavy (non-hydrogen) atoms. The van der Waals surface area contributed by atoms with Gasteiger partial charge in [-0.25, -0.2) is 0 Å². The molecule has 8 nitrogen and oxygen atoms in total. The highest BCUT2D eigenvalue weighted by atomic mass is 16.6. The molecule has 0 radical (unpaired) electrons. The summed E-state index contributed by atoms with van der Waals surface area (Å²) in [7, 11) is 0. The molecule has 1 atom stereocenters. The Hall–Kier alpha value is -1.54. The minimum Gasteiger partial charge on any atom is -0.394 e. The lowest BCUT2D eigenvalue weighted by Gasteiger charge is -2.02. The van der Waals surface area contributed by atoms with E-state index < -0.39 is 23.6 Å². The quantitative estimate of drug-likeness (QED) is 0.440. The van der Waals surface area contributed by atoms with Crippen molar-refractivity contribution in [2.75, 3.05) is 6.61 Å². The van der Waals surface area contributed by atoms with Crippen molar-refractivity contribution in [2.24, 2.45) is 0 Å². The third-order valence-electron chi connectivity index (χ3n) is 1.30. The Kier molecular flexibility index (Phi) is 2.88. The van der Waals surface area contributed by atoms with E-state index in [1.54, 1.807) is 0 Å². The maximum Gasteiger partial charge on any atom is 0.490 e. The van der Waals surface area contributed by atoms with Crippen LogP contribution < -0.4 is 0 Å². The van der Waals surface area contributed by atoms with Crippen LogP contribution in [-0.2, 0) is 6.54 Å². The standard InChI is InChI=1S/C5H8N4O4/c10-2-4(11)1-8-3-6-5(7-8)9(12)13/h3-4,10-11H,1-2H2. The van der Waals surface area contributed by atoms with Gasteiger partial charge in [0.15, 0.2) is 0 Å². The topological polar surface area (TPSA) is 114 Å². The van der Waals surface area contributed by atoms with E-state index in [1.165, 1.54) is 0 Å². The summed E-state index contributed by atoms with van der Waals surface area (Å²) < 4.78 is 1.10. The number of aliphatic hydroxyl groups excluding tert-OH is 2. The zero-order chi connectivity index (χ0) is 9.84. The smallest absolute Gasteiger partial charge is 0.394 e. The first-order valence-corrected chi connectivity index (χ1v) is 3.46. The molecular formula is C5H8N4O4. The SMILES string of the molecule is O=[N+]([O-])c1ncn(CC(O)CO)n1. The molecule has 0 amide bonds. The van der Waals surface area contributed by atoms with E-state index in [0.29, 0.717) is 0 Å². The molecule has 0 fully saturated rings. The molecule has 1 heterocycles. The van der Waals surface area contributed by atoms with Crippen molar-refractivity contribution in [2.45, 2.75) is 12.6 Å². The molecule has 0 saturated carbocycles. The van der Waals surface area contributed by atoms with Crippen LogP contribution in [0.1, 0.15) is 0 Å². The van der Waals surface area contributed by atoms with Gasteiger partial charge in [0, 0.05) is 5.10 Å². The van der Waals surface area contributed by atoms with E-state index in [1.807, 2.05) is 0 Å². The number of nitrogens with zero attached hydrogens (tertiary/aromatic N) is 4. The van der Waals surface area contributed by atoms with Gasteiger partial charge in [-0.2, -0.15) is 4.68 Å². The van der Waals surface area contributed by atoms with Crippen LogP contribution in [0.15, 0.2) is 6.33 Å². The minimum atomic E-state index is -0.985. The van der Waals surface area contributed by atoms with E-state index in [9.17, 15) is 10.1 Å². The van der Waals surface area contributed by atoms with Crippen molar-refractivity contribution < 1.29 is 15.1 Å². The summed E-state index contributed by atoms with van der Waals surface area (Å²) in [6.45, 7) is -0.439. The van der Waals surface area contributed by atoms with Crippen molar-refractivity contribution >= 4 is 5.95 Å². The Bertz CT molecular complexity index is 298. The molecule has 0 bridgehead atoms. The largest absolute Gasteiger partial charge is 0.490 e. The number of hydrogen-bond acceptors (Lipinski definition) is 6. The van der Waals surface area contributed by atoms with E-state index in [-0.39, 0.29) is 6.54 Å². The van der Waals surface area contributed by atoms with Crippen molar-refractivity contribution in [1.82, 2.24) is 14.8 Å². The van der Waals surface area contributed by atoms with Crippen LogP contribution in [-0.4, -0.2) is 42.6 Å². The molecule has 1 aromatic heterocycles. The third-order valence-corrected chi connectivity index (χ3v) is 1.30. The van der Waals surface area contributed by atoms with Crippen molar-refractivity contribution in [1.29, 1.82) is 0 Å². The summed E-state index contributed by atoms with van der Waals surface area (Å²) in [6, 6.07) is 0. The van der Waals surface area contributed by atoms with Gasteiger partial charge in [0.25, 0.3) is 0 Å². The van der Waals surface area contributed by atoms with Crippen LogP contribution >= 0.6 is 0 Å². The maximum atomic E-state index is 10.1. The Morgan fingerprint density at radius 2 is 2.46 bits per heavy atom. The second-order valence-electron chi connectivity index (χ2n) is 2.36. The summed E-state index contributed by atoms with van der Waals surface area (Å²) in [5.41, 5.74) is 0. The van der Waals surface area contributed by atoms with Gasteiger partial charge >= 0.3 is 5.95 Å². The number of rotatable bonds is 4. The van der Waals surface area contributed by atoms with Crippen LogP contribution in [0.2, 0.25) is 0 Å². The summed E-state index contributed by atoms with van der Waals surface area (Å²) >= 11 is 0. The third kappa shape index (κ3) is 2.46. The summed E-state index contributed by atoms with van der Waals surface area (Å²) in [5, 5.41) is 31.0. The molecule has 0 aliphatic heterocycles. The van der Waals surface area contributed by atoms with Gasteiger partial charge in [0.2, 0.25) is 6.33 Å². The van der Waals surface area contributed by atoms with Gasteiger partial charge in [0.1, 0.15) is 0 Å². The van der Waals surface area contributed by atoms with Crippen LogP contribution in [0.25, 0.3) is 0 Å². The Morgan fingerprint density at radius 1 is 1.77 bits per heavy atom. The van der Waals surface area contributed by atoms with E-state index >= 15 is 0 Å². The molecule has 72 valence electrons. The monoisotopic (exact) mass is 188 g/mol. The van der Waals surface area contributed by atoms with Crippen molar-refractivity contribution in [3.63, 3.8) is 0 Å². The van der Waals surface area contributed by atoms with Crippen LogP contribution in [0.3, 0.4) is 0 Å². The Balaban J connectivity index is 2.64. The lowest BCUT2D eigenvalue weighted by atomic mass is 10.4. The molecule has 0 spiro atoms.